The first-order valence-electron chi connectivity index (χ1n) is 3.45. The summed E-state index contributed by atoms with van der Waals surface area (Å²) >= 11 is 3.36. The molecule has 2 aromatic rings. The summed E-state index contributed by atoms with van der Waals surface area (Å²) in [6.45, 7) is 0. The average molecular weight is 227 g/mol. The van der Waals surface area contributed by atoms with E-state index in [1.54, 1.807) is 12.4 Å². The molecular formula is C7H7BrN4. The molecule has 0 saturated heterocycles. The number of nitrogens with two attached hydrogens (primary N) is 1. The van der Waals surface area contributed by atoms with Crippen molar-refractivity contribution in [3.05, 3.63) is 24.3 Å². The van der Waals surface area contributed by atoms with Gasteiger partial charge in [0, 0.05) is 17.7 Å². The van der Waals surface area contributed by atoms with Crippen LogP contribution in [-0.4, -0.2) is 14.4 Å². The smallest absolute Gasteiger partial charge is 0.180 e. The summed E-state index contributed by atoms with van der Waals surface area (Å²) in [5.74, 6) is 0.463. The molecule has 0 atom stereocenters. The molecule has 0 aliphatic rings. The number of anilines is 1. The fourth-order valence-electron chi connectivity index (χ4n) is 1.09. The van der Waals surface area contributed by atoms with Gasteiger partial charge in [-0.1, -0.05) is 15.9 Å². The Labute approximate surface area is 77.6 Å². The highest BCUT2D eigenvalue weighted by Crippen LogP contribution is 2.12. The van der Waals surface area contributed by atoms with Gasteiger partial charge in [0.15, 0.2) is 11.5 Å². The van der Waals surface area contributed by atoms with Crippen LogP contribution in [0.5, 0.6) is 0 Å². The van der Waals surface area contributed by atoms with E-state index < -0.39 is 0 Å². The fourth-order valence-corrected chi connectivity index (χ4v) is 1.50. The van der Waals surface area contributed by atoms with E-state index in [4.69, 9.17) is 5.73 Å². The summed E-state index contributed by atoms with van der Waals surface area (Å²) in [6, 6.07) is 0. The number of imidazole rings is 1. The van der Waals surface area contributed by atoms with Crippen molar-refractivity contribution in [3.8, 4) is 0 Å². The third-order valence-electron chi connectivity index (χ3n) is 1.67. The lowest BCUT2D eigenvalue weighted by atomic mass is 10.5. The van der Waals surface area contributed by atoms with Gasteiger partial charge in [0.1, 0.15) is 0 Å². The highest BCUT2D eigenvalue weighted by molar-refractivity contribution is 9.08. The van der Waals surface area contributed by atoms with Crippen LogP contribution in [0, 0.1) is 0 Å². The highest BCUT2D eigenvalue weighted by atomic mass is 79.9. The van der Waals surface area contributed by atoms with E-state index >= 15 is 0 Å². The first kappa shape index (κ1) is 7.54. The van der Waals surface area contributed by atoms with Gasteiger partial charge in [-0.15, -0.1) is 0 Å². The van der Waals surface area contributed by atoms with Crippen molar-refractivity contribution in [1.29, 1.82) is 0 Å². The number of hydrogen-bond acceptors (Lipinski definition) is 3. The van der Waals surface area contributed by atoms with Gasteiger partial charge in [-0.3, -0.25) is 4.40 Å². The van der Waals surface area contributed by atoms with Gasteiger partial charge in [-0.05, 0) is 0 Å². The lowest BCUT2D eigenvalue weighted by molar-refractivity contribution is 1.07. The van der Waals surface area contributed by atoms with Gasteiger partial charge in [-0.2, -0.15) is 0 Å². The number of nitrogen functional groups attached to an aromatic ring is 1. The second-order valence-electron chi connectivity index (χ2n) is 2.39. The zero-order chi connectivity index (χ0) is 8.55. The van der Waals surface area contributed by atoms with Crippen LogP contribution in [0.4, 0.5) is 5.82 Å². The van der Waals surface area contributed by atoms with Crippen LogP contribution >= 0.6 is 15.9 Å². The molecule has 0 radical (unpaired) electrons. The van der Waals surface area contributed by atoms with Crippen LogP contribution in [0.3, 0.4) is 0 Å². The summed E-state index contributed by atoms with van der Waals surface area (Å²) < 4.78 is 1.91. The molecule has 4 nitrogen and oxygen atoms in total. The quantitative estimate of drug-likeness (QED) is 0.745. The Morgan fingerprint density at radius 1 is 1.50 bits per heavy atom. The second kappa shape index (κ2) is 2.75. The van der Waals surface area contributed by atoms with Crippen molar-refractivity contribution in [3.63, 3.8) is 0 Å². The standard InChI is InChI=1S/C7H7BrN4/c8-3-5-4-11-7-6(9)10-1-2-12(5)7/h1-2,4H,3H2,(H2,9,10). The first-order valence-corrected chi connectivity index (χ1v) is 4.57. The summed E-state index contributed by atoms with van der Waals surface area (Å²) in [6.07, 6.45) is 5.29. The van der Waals surface area contributed by atoms with Crippen LogP contribution in [-0.2, 0) is 5.33 Å². The van der Waals surface area contributed by atoms with Crippen molar-refractivity contribution in [2.45, 2.75) is 5.33 Å². The second-order valence-corrected chi connectivity index (χ2v) is 2.95. The highest BCUT2D eigenvalue weighted by Gasteiger charge is 2.03. The number of nitrogens with zero attached hydrogens (tertiary/aromatic N) is 3. The lowest BCUT2D eigenvalue weighted by Crippen LogP contribution is -1.96. The van der Waals surface area contributed by atoms with E-state index in [9.17, 15) is 0 Å². The zero-order valence-electron chi connectivity index (χ0n) is 6.24. The first-order chi connectivity index (χ1) is 5.83. The van der Waals surface area contributed by atoms with Crippen molar-refractivity contribution in [2.24, 2.45) is 0 Å². The predicted molar refractivity (Wildman–Crippen MR) is 50.0 cm³/mol. The van der Waals surface area contributed by atoms with Crippen molar-refractivity contribution in [2.75, 3.05) is 5.73 Å². The lowest BCUT2D eigenvalue weighted by Gasteiger charge is -1.97. The van der Waals surface area contributed by atoms with Gasteiger partial charge in [-0.25, -0.2) is 9.97 Å². The summed E-state index contributed by atoms with van der Waals surface area (Å²) in [5, 5.41) is 0.762. The maximum absolute atomic E-state index is 5.61. The van der Waals surface area contributed by atoms with Gasteiger partial charge in [0.05, 0.1) is 11.9 Å². The molecule has 0 fully saturated rings. The molecule has 2 heterocycles. The Morgan fingerprint density at radius 2 is 2.33 bits per heavy atom. The molecular weight excluding hydrogens is 220 g/mol. The Bertz CT molecular complexity index is 409. The van der Waals surface area contributed by atoms with E-state index in [0.717, 1.165) is 11.0 Å². The number of hydrogen-bond donors (Lipinski definition) is 1. The molecule has 0 unspecified atom stereocenters. The van der Waals surface area contributed by atoms with Crippen molar-refractivity contribution in [1.82, 2.24) is 14.4 Å². The maximum atomic E-state index is 5.61. The molecule has 2 N–H and O–H groups in total. The van der Waals surface area contributed by atoms with Crippen LogP contribution in [0.2, 0.25) is 0 Å². The molecule has 5 heteroatoms. The van der Waals surface area contributed by atoms with Crippen LogP contribution in [0.15, 0.2) is 18.6 Å². The third-order valence-corrected chi connectivity index (χ3v) is 2.24. The summed E-state index contributed by atoms with van der Waals surface area (Å²) in [5.41, 5.74) is 7.40. The monoisotopic (exact) mass is 226 g/mol. The van der Waals surface area contributed by atoms with Crippen LogP contribution < -0.4 is 5.73 Å². The summed E-state index contributed by atoms with van der Waals surface area (Å²) in [4.78, 5) is 8.07. The average Bonchev–Trinajstić information content (AvgIpc) is 2.49. The van der Waals surface area contributed by atoms with Crippen LogP contribution in [0.25, 0.3) is 5.65 Å². The topological polar surface area (TPSA) is 56.2 Å². The maximum Gasteiger partial charge on any atom is 0.180 e. The molecule has 0 saturated carbocycles. The summed E-state index contributed by atoms with van der Waals surface area (Å²) in [7, 11) is 0. The fraction of sp³-hybridized carbons (Fsp3) is 0.143. The molecule has 0 aliphatic carbocycles. The van der Waals surface area contributed by atoms with Crippen molar-refractivity contribution >= 4 is 27.4 Å². The number of rotatable bonds is 1. The minimum atomic E-state index is 0.463. The molecule has 0 aromatic carbocycles. The largest absolute Gasteiger partial charge is 0.381 e. The molecule has 62 valence electrons. The predicted octanol–water partition coefficient (Wildman–Crippen LogP) is 1.21. The number of alkyl halides is 1. The van der Waals surface area contributed by atoms with E-state index in [2.05, 4.69) is 25.9 Å². The zero-order valence-corrected chi connectivity index (χ0v) is 7.82. The van der Waals surface area contributed by atoms with Crippen LogP contribution in [0.1, 0.15) is 5.69 Å². The van der Waals surface area contributed by atoms with Gasteiger partial charge >= 0.3 is 0 Å². The number of fused-ring (bicyclic) bond motifs is 1. The Balaban J connectivity index is 2.80. The number of aromatic nitrogens is 3. The minimum absolute atomic E-state index is 0.463. The molecule has 2 aromatic heterocycles. The van der Waals surface area contributed by atoms with E-state index in [1.165, 1.54) is 0 Å². The van der Waals surface area contributed by atoms with Gasteiger partial charge in [0.25, 0.3) is 0 Å². The number of halogens is 1. The Kier molecular flexibility index (Phi) is 1.73. The molecule has 0 bridgehead atoms. The van der Waals surface area contributed by atoms with Gasteiger partial charge in [0.2, 0.25) is 0 Å². The molecule has 0 spiro atoms. The molecule has 2 rings (SSSR count). The van der Waals surface area contributed by atoms with Gasteiger partial charge < -0.3 is 5.73 Å². The minimum Gasteiger partial charge on any atom is -0.381 e. The normalized spacial score (nSPS) is 10.8. The molecule has 0 aliphatic heterocycles. The van der Waals surface area contributed by atoms with E-state index in [-0.39, 0.29) is 0 Å². The van der Waals surface area contributed by atoms with E-state index in [0.29, 0.717) is 11.5 Å². The molecule has 0 amide bonds. The SMILES string of the molecule is Nc1nccn2c(CBr)cnc12. The van der Waals surface area contributed by atoms with E-state index in [1.807, 2.05) is 10.6 Å². The Morgan fingerprint density at radius 3 is 3.08 bits per heavy atom. The Hall–Kier alpha value is -1.10. The van der Waals surface area contributed by atoms with Crippen molar-refractivity contribution < 1.29 is 0 Å². The molecule has 12 heavy (non-hydrogen) atoms. The third kappa shape index (κ3) is 0.972.